The van der Waals surface area contributed by atoms with Crippen LogP contribution in [0, 0.1) is 20.8 Å². The quantitative estimate of drug-likeness (QED) is 0.167. The third-order valence-electron chi connectivity index (χ3n) is 11.5. The number of rotatable bonds is 1. The summed E-state index contributed by atoms with van der Waals surface area (Å²) < 4.78 is 12.0. The van der Waals surface area contributed by atoms with Gasteiger partial charge in [0.15, 0.2) is 0 Å². The van der Waals surface area contributed by atoms with Gasteiger partial charge in [-0.1, -0.05) is 96.6 Å². The van der Waals surface area contributed by atoms with Crippen molar-refractivity contribution < 1.29 is 4.42 Å². The highest BCUT2D eigenvalue weighted by molar-refractivity contribution is 6.90. The molecule has 228 valence electrons. The molecular formula is C45H29BN2O. The van der Waals surface area contributed by atoms with E-state index in [0.29, 0.717) is 0 Å². The molecule has 3 nitrogen and oxygen atoms in total. The second-order valence-electron chi connectivity index (χ2n) is 14.2. The average molecular weight is 625 g/mol. The van der Waals surface area contributed by atoms with Gasteiger partial charge < -0.3 is 13.5 Å². The maximum atomic E-state index is 6.85. The fourth-order valence-corrected chi connectivity index (χ4v) is 9.89. The zero-order valence-corrected chi connectivity index (χ0v) is 27.4. The van der Waals surface area contributed by atoms with Crippen LogP contribution < -0.4 is 10.9 Å². The molecule has 2 aliphatic heterocycles. The summed E-state index contributed by atoms with van der Waals surface area (Å²) in [6.07, 6.45) is 0. The van der Waals surface area contributed by atoms with E-state index in [4.69, 9.17) is 4.42 Å². The summed E-state index contributed by atoms with van der Waals surface area (Å²) in [5, 5.41) is 7.50. The summed E-state index contributed by atoms with van der Waals surface area (Å²) in [6.45, 7) is 6.68. The van der Waals surface area contributed by atoms with E-state index in [0.717, 1.165) is 16.6 Å². The van der Waals surface area contributed by atoms with Crippen LogP contribution in [0.1, 0.15) is 16.7 Å². The predicted molar refractivity (Wildman–Crippen MR) is 207 cm³/mol. The van der Waals surface area contributed by atoms with E-state index in [-0.39, 0.29) is 6.85 Å². The molecule has 7 aromatic carbocycles. The van der Waals surface area contributed by atoms with E-state index in [2.05, 4.69) is 151 Å². The van der Waals surface area contributed by atoms with E-state index < -0.39 is 0 Å². The molecule has 3 aromatic heterocycles. The summed E-state index contributed by atoms with van der Waals surface area (Å²) in [5.74, 6) is 0. The smallest absolute Gasteiger partial charge is 0.333 e. The lowest BCUT2D eigenvalue weighted by atomic mass is 9.45. The molecule has 0 atom stereocenters. The molecule has 0 aliphatic carbocycles. The topological polar surface area (TPSA) is 23.0 Å². The Morgan fingerprint density at radius 1 is 0.551 bits per heavy atom. The number of aryl methyl sites for hydroxylation is 3. The molecule has 0 unspecified atom stereocenters. The lowest BCUT2D eigenvalue weighted by Crippen LogP contribution is -2.55. The molecular weight excluding hydrogens is 595 g/mol. The third kappa shape index (κ3) is 3.03. The Balaban J connectivity index is 1.30. The van der Waals surface area contributed by atoms with Crippen molar-refractivity contribution in [2.45, 2.75) is 20.8 Å². The van der Waals surface area contributed by atoms with Crippen LogP contribution in [0.2, 0.25) is 0 Å². The Morgan fingerprint density at radius 2 is 1.29 bits per heavy atom. The van der Waals surface area contributed by atoms with Gasteiger partial charge in [0.05, 0.1) is 11.0 Å². The molecule has 4 heteroatoms. The molecule has 0 saturated heterocycles. The van der Waals surface area contributed by atoms with Crippen molar-refractivity contribution >= 4 is 83.3 Å². The summed E-state index contributed by atoms with van der Waals surface area (Å²) in [4.78, 5) is 0. The van der Waals surface area contributed by atoms with Crippen molar-refractivity contribution in [3.63, 3.8) is 0 Å². The van der Waals surface area contributed by atoms with Crippen LogP contribution in [0.5, 0.6) is 0 Å². The van der Waals surface area contributed by atoms with Crippen molar-refractivity contribution in [2.75, 3.05) is 0 Å². The van der Waals surface area contributed by atoms with Gasteiger partial charge in [-0.2, -0.15) is 0 Å². The van der Waals surface area contributed by atoms with Gasteiger partial charge in [0.1, 0.15) is 11.2 Å². The molecule has 10 aromatic rings. The van der Waals surface area contributed by atoms with Crippen LogP contribution >= 0.6 is 0 Å². The molecule has 2 aliphatic rings. The Kier molecular flexibility index (Phi) is 4.63. The lowest BCUT2D eigenvalue weighted by Gasteiger charge is -2.34. The zero-order valence-electron chi connectivity index (χ0n) is 27.4. The highest BCUT2D eigenvalue weighted by Gasteiger charge is 2.42. The monoisotopic (exact) mass is 624 g/mol. The predicted octanol–water partition coefficient (Wildman–Crippen LogP) is 10.3. The van der Waals surface area contributed by atoms with Crippen molar-refractivity contribution in [1.82, 2.24) is 9.05 Å². The first-order chi connectivity index (χ1) is 24.1. The number of furan rings is 1. The number of hydrogen-bond donors (Lipinski definition) is 0. The van der Waals surface area contributed by atoms with Crippen molar-refractivity contribution in [3.05, 3.63) is 138 Å². The number of nitrogens with zero attached hydrogens (tertiary/aromatic N) is 2. The van der Waals surface area contributed by atoms with Crippen LogP contribution in [0.15, 0.2) is 126 Å². The van der Waals surface area contributed by atoms with Gasteiger partial charge in [-0.3, -0.25) is 0 Å². The van der Waals surface area contributed by atoms with Gasteiger partial charge in [0, 0.05) is 60.2 Å². The molecule has 0 radical (unpaired) electrons. The summed E-state index contributed by atoms with van der Waals surface area (Å²) in [5.41, 5.74) is 19.9. The van der Waals surface area contributed by atoms with Gasteiger partial charge in [-0.25, -0.2) is 0 Å². The van der Waals surface area contributed by atoms with Gasteiger partial charge in [0.2, 0.25) is 0 Å². The molecule has 12 rings (SSSR count). The van der Waals surface area contributed by atoms with E-state index in [1.54, 1.807) is 0 Å². The number of aromatic nitrogens is 2. The van der Waals surface area contributed by atoms with E-state index >= 15 is 0 Å². The second kappa shape index (κ2) is 8.72. The summed E-state index contributed by atoms with van der Waals surface area (Å²) >= 11 is 0. The Bertz CT molecular complexity index is 3130. The molecule has 0 saturated carbocycles. The normalized spacial score (nSPS) is 13.2. The number of para-hydroxylation sites is 4. The fourth-order valence-electron chi connectivity index (χ4n) is 9.89. The maximum absolute atomic E-state index is 6.85. The number of fused-ring (bicyclic) bond motifs is 14. The highest BCUT2D eigenvalue weighted by Crippen LogP contribution is 2.47. The minimum atomic E-state index is 0.00137. The van der Waals surface area contributed by atoms with Gasteiger partial charge in [-0.15, -0.1) is 0 Å². The summed E-state index contributed by atoms with van der Waals surface area (Å²) in [6, 6.07) is 45.4. The zero-order chi connectivity index (χ0) is 32.3. The first-order valence-electron chi connectivity index (χ1n) is 17.2. The standard InChI is InChI=1S/C45H29BN2O/c1-24-20-25(2)40(26(3)21-24)27-18-19-36-33(22-27)31-13-9-15-35-44(31)47(36)38-23-34-29-11-5-7-17-39(29)49-45(34)41-32-14-8-12-30-28-10-4-6-16-37(28)48(43(30)32)46(35)42(38)41/h4-23H,1-3H3. The first-order valence-corrected chi connectivity index (χ1v) is 17.2. The van der Waals surface area contributed by atoms with Crippen molar-refractivity contribution in [2.24, 2.45) is 0 Å². The molecule has 0 amide bonds. The Hall–Kier alpha value is -6.00. The van der Waals surface area contributed by atoms with E-state index in [1.165, 1.54) is 105 Å². The largest absolute Gasteiger partial charge is 0.455 e. The second-order valence-corrected chi connectivity index (χ2v) is 14.2. The molecule has 49 heavy (non-hydrogen) atoms. The minimum absolute atomic E-state index is 0.00137. The van der Waals surface area contributed by atoms with Crippen LogP contribution in [-0.2, 0) is 0 Å². The van der Waals surface area contributed by atoms with Crippen LogP contribution in [0.3, 0.4) is 0 Å². The van der Waals surface area contributed by atoms with Gasteiger partial charge in [-0.05, 0) is 84.3 Å². The summed E-state index contributed by atoms with van der Waals surface area (Å²) in [7, 11) is 0. The van der Waals surface area contributed by atoms with Gasteiger partial charge >= 0.3 is 6.85 Å². The molecule has 0 fully saturated rings. The molecule has 0 bridgehead atoms. The molecule has 5 heterocycles. The fraction of sp³-hybridized carbons (Fsp3) is 0.0667. The molecule has 0 spiro atoms. The lowest BCUT2D eigenvalue weighted by molar-refractivity contribution is 0.670. The van der Waals surface area contributed by atoms with E-state index in [1.807, 2.05) is 0 Å². The van der Waals surface area contributed by atoms with Crippen LogP contribution in [0.4, 0.5) is 0 Å². The van der Waals surface area contributed by atoms with Crippen LogP contribution in [-0.4, -0.2) is 15.9 Å². The number of hydrogen-bond acceptors (Lipinski definition) is 1. The van der Waals surface area contributed by atoms with E-state index in [9.17, 15) is 0 Å². The average Bonchev–Trinajstić information content (AvgIpc) is 3.76. The van der Waals surface area contributed by atoms with Crippen molar-refractivity contribution in [1.29, 1.82) is 0 Å². The van der Waals surface area contributed by atoms with Gasteiger partial charge in [0.25, 0.3) is 0 Å². The third-order valence-corrected chi connectivity index (χ3v) is 11.5. The Labute approximate surface area is 282 Å². The number of benzene rings is 7. The van der Waals surface area contributed by atoms with Crippen LogP contribution in [0.25, 0.3) is 93.5 Å². The highest BCUT2D eigenvalue weighted by atomic mass is 16.3. The Morgan fingerprint density at radius 3 is 2.14 bits per heavy atom. The SMILES string of the molecule is Cc1cc(C)c(-c2ccc3c(c2)c2cccc4c2n3-c2cc3c(oc5ccccc53)c3c2B4n2c4ccccc4c4cccc-3c42)c(C)c1. The minimum Gasteiger partial charge on any atom is -0.455 e. The maximum Gasteiger partial charge on any atom is 0.333 e. The first kappa shape index (κ1) is 26.0. The van der Waals surface area contributed by atoms with Crippen molar-refractivity contribution in [3.8, 4) is 27.9 Å². The molecule has 0 N–H and O–H groups in total.